The molecule has 0 radical (unpaired) electrons. The number of hydrogen-bond acceptors (Lipinski definition) is 5. The zero-order valence-corrected chi connectivity index (χ0v) is 17.9. The lowest BCUT2D eigenvalue weighted by molar-refractivity contribution is -0.124. The molecule has 0 spiro atoms. The van der Waals surface area contributed by atoms with E-state index in [2.05, 4.69) is 15.3 Å². The third-order valence-electron chi connectivity index (χ3n) is 5.90. The minimum atomic E-state index is -0.573. The number of carbonyl (C=O) groups is 2. The molecule has 4 rings (SSSR count). The van der Waals surface area contributed by atoms with Crippen LogP contribution in [0.25, 0.3) is 10.9 Å². The molecule has 3 aromatic rings. The van der Waals surface area contributed by atoms with Gasteiger partial charge in [0, 0.05) is 13.0 Å². The monoisotopic (exact) mass is 433 g/mol. The molecule has 32 heavy (non-hydrogen) atoms. The number of aromatic amines is 1. The minimum absolute atomic E-state index is 0.222. The van der Waals surface area contributed by atoms with Gasteiger partial charge in [0.25, 0.3) is 11.5 Å². The van der Waals surface area contributed by atoms with Crippen LogP contribution in [0.15, 0.2) is 53.3 Å². The highest BCUT2D eigenvalue weighted by Crippen LogP contribution is 2.22. The first-order chi connectivity index (χ1) is 15.6. The number of esters is 1. The third-order valence-corrected chi connectivity index (χ3v) is 5.90. The molecule has 1 amide bonds. The van der Waals surface area contributed by atoms with Crippen molar-refractivity contribution in [1.29, 1.82) is 0 Å². The molecule has 7 nitrogen and oxygen atoms in total. The van der Waals surface area contributed by atoms with Gasteiger partial charge < -0.3 is 15.0 Å². The SMILES string of the molecule is O=C(COC(=O)c1ccccc1Cc1nc2ccccc2c(=O)[nH]1)NCC1CCCCC1. The normalized spacial score (nSPS) is 14.2. The van der Waals surface area contributed by atoms with Crippen molar-refractivity contribution in [2.45, 2.75) is 38.5 Å². The number of carbonyl (C=O) groups excluding carboxylic acids is 2. The lowest BCUT2D eigenvalue weighted by atomic mass is 9.89. The van der Waals surface area contributed by atoms with Crippen LogP contribution in [0.1, 0.15) is 53.8 Å². The van der Waals surface area contributed by atoms with Crippen LogP contribution < -0.4 is 10.9 Å². The van der Waals surface area contributed by atoms with Crippen molar-refractivity contribution in [3.63, 3.8) is 0 Å². The topological polar surface area (TPSA) is 101 Å². The van der Waals surface area contributed by atoms with Crippen molar-refractivity contribution in [1.82, 2.24) is 15.3 Å². The summed E-state index contributed by atoms with van der Waals surface area (Å²) in [6.07, 6.45) is 6.23. The van der Waals surface area contributed by atoms with Crippen LogP contribution in [0.5, 0.6) is 0 Å². The van der Waals surface area contributed by atoms with Crippen molar-refractivity contribution in [2.24, 2.45) is 5.92 Å². The van der Waals surface area contributed by atoms with Crippen molar-refractivity contribution < 1.29 is 14.3 Å². The van der Waals surface area contributed by atoms with E-state index in [1.54, 1.807) is 36.4 Å². The highest BCUT2D eigenvalue weighted by molar-refractivity contribution is 5.92. The maximum absolute atomic E-state index is 12.7. The Morgan fingerprint density at radius 3 is 2.62 bits per heavy atom. The molecule has 1 saturated carbocycles. The summed E-state index contributed by atoms with van der Waals surface area (Å²) in [5.41, 5.74) is 1.39. The Hall–Kier alpha value is -3.48. The molecule has 2 N–H and O–H groups in total. The van der Waals surface area contributed by atoms with Gasteiger partial charge >= 0.3 is 5.97 Å². The lowest BCUT2D eigenvalue weighted by Crippen LogP contribution is -2.33. The number of para-hydroxylation sites is 1. The zero-order valence-electron chi connectivity index (χ0n) is 17.9. The van der Waals surface area contributed by atoms with E-state index in [0.717, 1.165) is 12.8 Å². The Kier molecular flexibility index (Phi) is 6.94. The average molecular weight is 434 g/mol. The Balaban J connectivity index is 1.39. The summed E-state index contributed by atoms with van der Waals surface area (Å²) in [7, 11) is 0. The van der Waals surface area contributed by atoms with Crippen molar-refractivity contribution in [3.05, 3.63) is 75.8 Å². The number of amides is 1. The van der Waals surface area contributed by atoms with Gasteiger partial charge in [0.15, 0.2) is 6.61 Å². The fourth-order valence-electron chi connectivity index (χ4n) is 4.18. The maximum atomic E-state index is 12.7. The molecule has 1 aliphatic rings. The van der Waals surface area contributed by atoms with E-state index in [4.69, 9.17) is 4.74 Å². The highest BCUT2D eigenvalue weighted by Gasteiger charge is 2.17. The molecule has 0 atom stereocenters. The summed E-state index contributed by atoms with van der Waals surface area (Å²) >= 11 is 0. The van der Waals surface area contributed by atoms with Gasteiger partial charge in [-0.05, 0) is 42.5 Å². The van der Waals surface area contributed by atoms with Crippen LogP contribution in [0.3, 0.4) is 0 Å². The third kappa shape index (κ3) is 5.41. The van der Waals surface area contributed by atoms with Gasteiger partial charge in [-0.15, -0.1) is 0 Å². The predicted octanol–water partition coefficient (Wildman–Crippen LogP) is 3.37. The Bertz CT molecular complexity index is 1170. The average Bonchev–Trinajstić information content (AvgIpc) is 2.82. The molecule has 2 aromatic carbocycles. The van der Waals surface area contributed by atoms with Crippen LogP contribution in [0.2, 0.25) is 0 Å². The molecule has 166 valence electrons. The molecule has 1 heterocycles. The van der Waals surface area contributed by atoms with Gasteiger partial charge in [0.05, 0.1) is 16.5 Å². The summed E-state index contributed by atoms with van der Waals surface area (Å²) in [6, 6.07) is 14.1. The van der Waals surface area contributed by atoms with Gasteiger partial charge in [-0.2, -0.15) is 0 Å². The number of fused-ring (bicyclic) bond motifs is 1. The number of hydrogen-bond donors (Lipinski definition) is 2. The first kappa shape index (κ1) is 21.7. The summed E-state index contributed by atoms with van der Waals surface area (Å²) in [5.74, 6) is 0.110. The van der Waals surface area contributed by atoms with Crippen molar-refractivity contribution in [3.8, 4) is 0 Å². The molecule has 1 aliphatic carbocycles. The number of nitrogens with one attached hydrogen (secondary N) is 2. The molecular weight excluding hydrogens is 406 g/mol. The smallest absolute Gasteiger partial charge is 0.338 e. The number of H-pyrrole nitrogens is 1. The molecule has 0 unspecified atom stereocenters. The first-order valence-electron chi connectivity index (χ1n) is 11.1. The summed E-state index contributed by atoms with van der Waals surface area (Å²) in [6.45, 7) is 0.318. The highest BCUT2D eigenvalue weighted by atomic mass is 16.5. The summed E-state index contributed by atoms with van der Waals surface area (Å²) < 4.78 is 5.26. The molecule has 0 saturated heterocycles. The van der Waals surface area contributed by atoms with Crippen LogP contribution >= 0.6 is 0 Å². The van der Waals surface area contributed by atoms with Gasteiger partial charge in [-0.25, -0.2) is 9.78 Å². The zero-order chi connectivity index (χ0) is 22.3. The largest absolute Gasteiger partial charge is 0.452 e. The second kappa shape index (κ2) is 10.2. The summed E-state index contributed by atoms with van der Waals surface area (Å²) in [4.78, 5) is 44.4. The number of nitrogens with zero attached hydrogens (tertiary/aromatic N) is 1. The fraction of sp³-hybridized carbons (Fsp3) is 0.360. The van der Waals surface area contributed by atoms with E-state index in [1.165, 1.54) is 19.3 Å². The van der Waals surface area contributed by atoms with E-state index in [9.17, 15) is 14.4 Å². The van der Waals surface area contributed by atoms with Gasteiger partial charge in [-0.3, -0.25) is 9.59 Å². The van der Waals surface area contributed by atoms with E-state index < -0.39 is 5.97 Å². The van der Waals surface area contributed by atoms with Gasteiger partial charge in [0.1, 0.15) is 5.82 Å². The predicted molar refractivity (Wildman–Crippen MR) is 121 cm³/mol. The van der Waals surface area contributed by atoms with Crippen LogP contribution in [-0.2, 0) is 16.0 Å². The lowest BCUT2D eigenvalue weighted by Gasteiger charge is -2.21. The van der Waals surface area contributed by atoms with Crippen LogP contribution in [0, 0.1) is 5.92 Å². The standard InChI is InChI=1S/C25H27N3O4/c29-23(26-15-17-8-2-1-3-9-17)16-32-25(31)19-11-5-4-10-18(19)14-22-27-21-13-7-6-12-20(21)24(30)28-22/h4-7,10-13,17H,1-3,8-9,14-16H2,(H,26,29)(H,27,28,30). The van der Waals surface area contributed by atoms with Gasteiger partial charge in [-0.1, -0.05) is 49.6 Å². The van der Waals surface area contributed by atoms with E-state index in [1.807, 2.05) is 12.1 Å². The molecule has 0 bridgehead atoms. The number of rotatable bonds is 7. The molecule has 1 fully saturated rings. The first-order valence-corrected chi connectivity index (χ1v) is 11.1. The number of benzene rings is 2. The second-order valence-electron chi connectivity index (χ2n) is 8.25. The summed E-state index contributed by atoms with van der Waals surface area (Å²) in [5, 5.41) is 3.39. The Labute approximate surface area is 186 Å². The van der Waals surface area contributed by atoms with Gasteiger partial charge in [0.2, 0.25) is 0 Å². The number of ether oxygens (including phenoxy) is 1. The van der Waals surface area contributed by atoms with Crippen LogP contribution in [0.4, 0.5) is 0 Å². The van der Waals surface area contributed by atoms with E-state index >= 15 is 0 Å². The molecule has 1 aromatic heterocycles. The fourth-order valence-corrected chi connectivity index (χ4v) is 4.18. The Morgan fingerprint density at radius 2 is 1.78 bits per heavy atom. The van der Waals surface area contributed by atoms with E-state index in [0.29, 0.717) is 40.3 Å². The minimum Gasteiger partial charge on any atom is -0.452 e. The second-order valence-corrected chi connectivity index (χ2v) is 8.25. The van der Waals surface area contributed by atoms with Crippen molar-refractivity contribution >= 4 is 22.8 Å². The van der Waals surface area contributed by atoms with Crippen LogP contribution in [-0.4, -0.2) is 35.0 Å². The molecule has 7 heteroatoms. The van der Waals surface area contributed by atoms with E-state index in [-0.39, 0.29) is 24.5 Å². The number of aromatic nitrogens is 2. The van der Waals surface area contributed by atoms with Crippen molar-refractivity contribution in [2.75, 3.05) is 13.2 Å². The molecule has 0 aliphatic heterocycles. The Morgan fingerprint density at radius 1 is 1.03 bits per heavy atom. The maximum Gasteiger partial charge on any atom is 0.338 e. The molecular formula is C25H27N3O4. The quantitative estimate of drug-likeness (QED) is 0.557.